The van der Waals surface area contributed by atoms with Crippen molar-refractivity contribution in [3.05, 3.63) is 53.3 Å². The highest BCUT2D eigenvalue weighted by Crippen LogP contribution is 2.45. The number of nitrogens with zero attached hydrogens (tertiary/aromatic N) is 2. The Morgan fingerprint density at radius 2 is 1.71 bits per heavy atom. The van der Waals surface area contributed by atoms with Gasteiger partial charge in [0.1, 0.15) is 11.6 Å². The van der Waals surface area contributed by atoms with Crippen LogP contribution < -0.4 is 14.8 Å². The molecule has 1 N–H and O–H groups in total. The smallest absolute Gasteiger partial charge is 0.161 e. The Labute approximate surface area is 211 Å². The molecule has 0 fully saturated rings. The molecule has 0 saturated carbocycles. The van der Waals surface area contributed by atoms with Gasteiger partial charge in [0.25, 0.3) is 0 Å². The van der Waals surface area contributed by atoms with Crippen LogP contribution in [0.2, 0.25) is 0 Å². The lowest BCUT2D eigenvalue weighted by molar-refractivity contribution is 0.0496. The van der Waals surface area contributed by atoms with E-state index in [0.717, 1.165) is 28.2 Å². The van der Waals surface area contributed by atoms with E-state index in [9.17, 15) is 4.39 Å². The third kappa shape index (κ3) is 6.45. The molecule has 1 aliphatic rings. The Kier molecular flexibility index (Phi) is 10.2. The molecule has 0 saturated heterocycles. The summed E-state index contributed by atoms with van der Waals surface area (Å²) >= 11 is 5.60. The zero-order chi connectivity index (χ0) is 25.2. The van der Waals surface area contributed by atoms with Gasteiger partial charge in [0, 0.05) is 29.1 Å². The molecule has 190 valence electrons. The maximum absolute atomic E-state index is 13.8. The second-order valence-electron chi connectivity index (χ2n) is 7.49. The molecule has 7 nitrogen and oxygen atoms in total. The average Bonchev–Trinajstić information content (AvgIpc) is 3.39. The topological polar surface area (TPSA) is 66.8 Å². The van der Waals surface area contributed by atoms with Gasteiger partial charge in [0.2, 0.25) is 0 Å². The second kappa shape index (κ2) is 13.3. The highest BCUT2D eigenvalue weighted by Gasteiger charge is 2.29. The Bertz CT molecular complexity index is 1110. The monoisotopic (exact) mass is 505 g/mol. The molecule has 0 bridgehead atoms. The van der Waals surface area contributed by atoms with Crippen LogP contribution in [-0.4, -0.2) is 56.3 Å². The van der Waals surface area contributed by atoms with E-state index in [-0.39, 0.29) is 5.82 Å². The average molecular weight is 506 g/mol. The van der Waals surface area contributed by atoms with Gasteiger partial charge < -0.3 is 24.3 Å². The van der Waals surface area contributed by atoms with E-state index >= 15 is 0 Å². The molecule has 2 aromatic carbocycles. The lowest BCUT2D eigenvalue weighted by Crippen LogP contribution is -2.13. The van der Waals surface area contributed by atoms with Gasteiger partial charge in [0.05, 0.1) is 52.9 Å². The Balaban J connectivity index is 0.00000167. The molecular formula is C26H33ClFN3O4. The minimum absolute atomic E-state index is 0.305. The van der Waals surface area contributed by atoms with Crippen molar-refractivity contribution in [3.63, 3.8) is 0 Å². The second-order valence-corrected chi connectivity index (χ2v) is 7.87. The Morgan fingerprint density at radius 1 is 1.00 bits per heavy atom. The Morgan fingerprint density at radius 3 is 2.40 bits per heavy atom. The number of alkyl halides is 1. The molecule has 0 spiro atoms. The Hall–Kier alpha value is -2.81. The summed E-state index contributed by atoms with van der Waals surface area (Å²) in [6.07, 6.45) is 0.676. The van der Waals surface area contributed by atoms with Gasteiger partial charge in [-0.1, -0.05) is 19.9 Å². The standard InChI is InChI=1S/C24H27ClFN3O4.C2H6/c1-30-21-13-16-12-20-23(19(16)15-22(21)31-2)28-29(7-9-33-11-10-32-8-6-25)24(20)27-18-5-3-4-17(26)14-18;1-2/h3-5,13-15,27H,6-12H2,1-2H3;1-2H3. The molecule has 1 heterocycles. The number of nitrogens with one attached hydrogen (secondary N) is 1. The van der Waals surface area contributed by atoms with E-state index < -0.39 is 0 Å². The van der Waals surface area contributed by atoms with Crippen LogP contribution in [-0.2, 0) is 22.4 Å². The summed E-state index contributed by atoms with van der Waals surface area (Å²) in [6.45, 7) is 6.46. The highest BCUT2D eigenvalue weighted by molar-refractivity contribution is 6.17. The van der Waals surface area contributed by atoms with Crippen LogP contribution in [0.15, 0.2) is 36.4 Å². The molecule has 0 radical (unpaired) electrons. The lowest BCUT2D eigenvalue weighted by Gasteiger charge is -2.13. The number of rotatable bonds is 12. The number of aromatic nitrogens is 2. The van der Waals surface area contributed by atoms with E-state index in [1.807, 2.05) is 36.7 Å². The van der Waals surface area contributed by atoms with Crippen molar-refractivity contribution in [2.45, 2.75) is 26.8 Å². The summed E-state index contributed by atoms with van der Waals surface area (Å²) < 4.78 is 37.6. The summed E-state index contributed by atoms with van der Waals surface area (Å²) in [4.78, 5) is 0. The van der Waals surface area contributed by atoms with Gasteiger partial charge in [-0.2, -0.15) is 5.10 Å². The largest absolute Gasteiger partial charge is 0.493 e. The number of hydrogen-bond acceptors (Lipinski definition) is 6. The van der Waals surface area contributed by atoms with Crippen molar-refractivity contribution >= 4 is 23.1 Å². The van der Waals surface area contributed by atoms with Crippen LogP contribution in [0.1, 0.15) is 25.0 Å². The van der Waals surface area contributed by atoms with Crippen LogP contribution in [0.5, 0.6) is 11.5 Å². The van der Waals surface area contributed by atoms with E-state index in [0.29, 0.717) is 62.5 Å². The SMILES string of the molecule is CC.COc1cc2c(cc1OC)-c1nn(CCOCCOCCCl)c(Nc3cccc(F)c3)c1C2. The third-order valence-corrected chi connectivity index (χ3v) is 5.56. The first kappa shape index (κ1) is 26.8. The lowest BCUT2D eigenvalue weighted by atomic mass is 10.1. The predicted octanol–water partition coefficient (Wildman–Crippen LogP) is 5.65. The van der Waals surface area contributed by atoms with E-state index in [1.165, 1.54) is 12.1 Å². The zero-order valence-corrected chi connectivity index (χ0v) is 21.5. The van der Waals surface area contributed by atoms with E-state index in [4.69, 9.17) is 35.6 Å². The summed E-state index contributed by atoms with van der Waals surface area (Å²) in [5, 5.41) is 8.22. The third-order valence-electron chi connectivity index (χ3n) is 5.41. The molecule has 0 aliphatic heterocycles. The van der Waals surface area contributed by atoms with Crippen molar-refractivity contribution in [3.8, 4) is 22.8 Å². The van der Waals surface area contributed by atoms with Gasteiger partial charge in [0.15, 0.2) is 11.5 Å². The first-order valence-electron chi connectivity index (χ1n) is 11.7. The number of fused-ring (bicyclic) bond motifs is 3. The van der Waals surface area contributed by atoms with Crippen molar-refractivity contribution in [2.75, 3.05) is 51.8 Å². The number of benzene rings is 2. The molecule has 3 aromatic rings. The summed E-state index contributed by atoms with van der Waals surface area (Å²) in [7, 11) is 3.24. The summed E-state index contributed by atoms with van der Waals surface area (Å²) in [6, 6.07) is 10.3. The van der Waals surface area contributed by atoms with Crippen LogP contribution >= 0.6 is 11.6 Å². The van der Waals surface area contributed by atoms with Crippen molar-refractivity contribution < 1.29 is 23.3 Å². The molecule has 1 aromatic heterocycles. The van der Waals surface area contributed by atoms with Gasteiger partial charge in [-0.05, 0) is 35.9 Å². The van der Waals surface area contributed by atoms with E-state index in [2.05, 4.69) is 5.32 Å². The fourth-order valence-electron chi connectivity index (χ4n) is 3.89. The first-order valence-corrected chi connectivity index (χ1v) is 12.3. The highest BCUT2D eigenvalue weighted by atomic mass is 35.5. The first-order chi connectivity index (χ1) is 17.1. The molecule has 0 atom stereocenters. The summed E-state index contributed by atoms with van der Waals surface area (Å²) in [5.41, 5.74) is 4.66. The van der Waals surface area contributed by atoms with Crippen molar-refractivity contribution in [2.24, 2.45) is 0 Å². The molecule has 9 heteroatoms. The van der Waals surface area contributed by atoms with Crippen LogP contribution in [0.25, 0.3) is 11.3 Å². The molecule has 4 rings (SSSR count). The summed E-state index contributed by atoms with van der Waals surface area (Å²) in [5.74, 6) is 2.30. The molecular weight excluding hydrogens is 473 g/mol. The number of halogens is 2. The van der Waals surface area contributed by atoms with Crippen LogP contribution in [0, 0.1) is 5.82 Å². The predicted molar refractivity (Wildman–Crippen MR) is 137 cm³/mol. The fraction of sp³-hybridized carbons (Fsp3) is 0.423. The maximum atomic E-state index is 13.8. The zero-order valence-electron chi connectivity index (χ0n) is 20.7. The van der Waals surface area contributed by atoms with Gasteiger partial charge in [-0.3, -0.25) is 0 Å². The van der Waals surface area contributed by atoms with Crippen LogP contribution in [0.4, 0.5) is 15.9 Å². The molecule has 0 unspecified atom stereocenters. The number of methoxy groups -OCH3 is 2. The van der Waals surface area contributed by atoms with Gasteiger partial charge in [-0.25, -0.2) is 9.07 Å². The molecule has 35 heavy (non-hydrogen) atoms. The normalized spacial score (nSPS) is 11.4. The quantitative estimate of drug-likeness (QED) is 0.198. The van der Waals surface area contributed by atoms with Crippen molar-refractivity contribution in [1.29, 1.82) is 0 Å². The van der Waals surface area contributed by atoms with Crippen LogP contribution in [0.3, 0.4) is 0 Å². The minimum Gasteiger partial charge on any atom is -0.493 e. The number of hydrogen-bond donors (Lipinski definition) is 1. The van der Waals surface area contributed by atoms with Gasteiger partial charge in [-0.15, -0.1) is 11.6 Å². The maximum Gasteiger partial charge on any atom is 0.161 e. The number of ether oxygens (including phenoxy) is 4. The van der Waals surface area contributed by atoms with Gasteiger partial charge >= 0.3 is 0 Å². The minimum atomic E-state index is -0.305. The van der Waals surface area contributed by atoms with E-state index in [1.54, 1.807) is 20.3 Å². The molecule has 0 amide bonds. The molecule has 1 aliphatic carbocycles. The van der Waals surface area contributed by atoms with Crippen molar-refractivity contribution in [1.82, 2.24) is 9.78 Å². The number of anilines is 2. The fourth-order valence-corrected chi connectivity index (χ4v) is 4.00.